The zero-order chi connectivity index (χ0) is 13.4. The summed E-state index contributed by atoms with van der Waals surface area (Å²) in [7, 11) is 0. The Balaban J connectivity index is 2.20. The van der Waals surface area contributed by atoms with Crippen LogP contribution in [-0.2, 0) is 9.53 Å². The average molecular weight is 254 g/mol. The summed E-state index contributed by atoms with van der Waals surface area (Å²) in [5.41, 5.74) is 0. The first-order chi connectivity index (χ1) is 8.63. The predicted octanol–water partition coefficient (Wildman–Crippen LogP) is 0.285. The summed E-state index contributed by atoms with van der Waals surface area (Å²) < 4.78 is 5.19. The molecule has 18 heavy (non-hydrogen) atoms. The molecule has 2 N–H and O–H groups in total. The summed E-state index contributed by atoms with van der Waals surface area (Å²) in [5, 5.41) is 11.2. The summed E-state index contributed by atoms with van der Waals surface area (Å²) in [6.45, 7) is 1.35. The largest absolute Gasteiger partial charge is 0.480 e. The van der Waals surface area contributed by atoms with Crippen molar-refractivity contribution in [3.8, 4) is 12.3 Å². The van der Waals surface area contributed by atoms with E-state index in [1.54, 1.807) is 4.90 Å². The third kappa shape index (κ3) is 5.06. The first-order valence-electron chi connectivity index (χ1n) is 5.93. The zero-order valence-electron chi connectivity index (χ0n) is 10.2. The number of nitrogens with zero attached hydrogens (tertiary/aromatic N) is 1. The molecule has 0 bridgehead atoms. The Kier molecular flexibility index (Phi) is 6.01. The molecule has 1 fully saturated rings. The molecule has 6 nitrogen and oxygen atoms in total. The van der Waals surface area contributed by atoms with Gasteiger partial charge in [0.1, 0.15) is 6.61 Å². The number of likely N-dealkylation sites (tertiary alicyclic amines) is 1. The molecule has 0 spiro atoms. The minimum absolute atomic E-state index is 0.0733. The summed E-state index contributed by atoms with van der Waals surface area (Å²) >= 11 is 0. The van der Waals surface area contributed by atoms with E-state index in [9.17, 15) is 9.59 Å². The van der Waals surface area contributed by atoms with Crippen LogP contribution in [0.15, 0.2) is 0 Å². The highest BCUT2D eigenvalue weighted by atomic mass is 16.5. The monoisotopic (exact) mass is 254 g/mol. The molecule has 0 unspecified atom stereocenters. The summed E-state index contributed by atoms with van der Waals surface area (Å²) in [6, 6.07) is -0.123. The van der Waals surface area contributed by atoms with E-state index in [-0.39, 0.29) is 18.7 Å². The van der Waals surface area contributed by atoms with Crippen molar-refractivity contribution >= 4 is 12.0 Å². The quantitative estimate of drug-likeness (QED) is 0.546. The molecule has 2 amide bonds. The van der Waals surface area contributed by atoms with Crippen molar-refractivity contribution in [2.24, 2.45) is 0 Å². The van der Waals surface area contributed by atoms with Crippen molar-refractivity contribution in [2.75, 3.05) is 26.2 Å². The van der Waals surface area contributed by atoms with Crippen molar-refractivity contribution in [1.29, 1.82) is 0 Å². The molecule has 6 heteroatoms. The second kappa shape index (κ2) is 7.56. The molecular weight excluding hydrogens is 236 g/mol. The molecule has 100 valence electrons. The number of terminal acetylenes is 1. The van der Waals surface area contributed by atoms with Gasteiger partial charge in [-0.25, -0.2) is 9.59 Å². The fraction of sp³-hybridized carbons (Fsp3) is 0.667. The van der Waals surface area contributed by atoms with E-state index in [0.29, 0.717) is 38.9 Å². The number of carbonyl (C=O) groups is 2. The van der Waals surface area contributed by atoms with Crippen LogP contribution in [-0.4, -0.2) is 54.4 Å². The van der Waals surface area contributed by atoms with Gasteiger partial charge in [0.25, 0.3) is 0 Å². The molecule has 0 atom stereocenters. The van der Waals surface area contributed by atoms with Crippen molar-refractivity contribution in [3.05, 3.63) is 0 Å². The second-order valence-corrected chi connectivity index (χ2v) is 4.08. The van der Waals surface area contributed by atoms with Gasteiger partial charge in [0.2, 0.25) is 0 Å². The molecule has 1 rings (SSSR count). The lowest BCUT2D eigenvalue weighted by Gasteiger charge is -2.31. The van der Waals surface area contributed by atoms with Crippen LogP contribution >= 0.6 is 0 Å². The van der Waals surface area contributed by atoms with E-state index in [1.807, 2.05) is 0 Å². The Bertz CT molecular complexity index is 329. The van der Waals surface area contributed by atoms with Gasteiger partial charge in [-0.2, -0.15) is 0 Å². The maximum Gasteiger partial charge on any atom is 0.329 e. The molecule has 1 saturated heterocycles. The van der Waals surface area contributed by atoms with Gasteiger partial charge < -0.3 is 20.1 Å². The molecule has 0 radical (unpaired) electrons. The number of ether oxygens (including phenoxy) is 1. The van der Waals surface area contributed by atoms with E-state index in [1.165, 1.54) is 0 Å². The van der Waals surface area contributed by atoms with Crippen molar-refractivity contribution in [1.82, 2.24) is 10.2 Å². The minimum Gasteiger partial charge on any atom is -0.480 e. The SMILES string of the molecule is C#CCCNC(=O)N1CCC(OCC(=O)O)CC1. The predicted molar refractivity (Wildman–Crippen MR) is 65.0 cm³/mol. The number of aliphatic carboxylic acids is 1. The molecule has 1 aliphatic heterocycles. The molecule has 1 aliphatic rings. The standard InChI is InChI=1S/C12H18N2O4/c1-2-3-6-13-12(17)14-7-4-10(5-8-14)18-9-11(15)16/h1,10H,3-9H2,(H,13,17)(H,15,16). The van der Waals surface area contributed by atoms with Crippen LogP contribution in [0.1, 0.15) is 19.3 Å². The third-order valence-corrected chi connectivity index (χ3v) is 2.72. The average Bonchev–Trinajstić information content (AvgIpc) is 2.37. The van der Waals surface area contributed by atoms with E-state index in [2.05, 4.69) is 11.2 Å². The fourth-order valence-electron chi connectivity index (χ4n) is 1.77. The van der Waals surface area contributed by atoms with Gasteiger partial charge in [-0.3, -0.25) is 0 Å². The van der Waals surface area contributed by atoms with E-state index < -0.39 is 5.97 Å². The maximum atomic E-state index is 11.7. The van der Waals surface area contributed by atoms with Crippen molar-refractivity contribution < 1.29 is 19.4 Å². The third-order valence-electron chi connectivity index (χ3n) is 2.72. The molecule has 0 aromatic rings. The highest BCUT2D eigenvalue weighted by molar-refractivity contribution is 5.74. The van der Waals surface area contributed by atoms with Gasteiger partial charge in [-0.05, 0) is 12.8 Å². The van der Waals surface area contributed by atoms with Gasteiger partial charge in [-0.15, -0.1) is 12.3 Å². The normalized spacial score (nSPS) is 16.1. The van der Waals surface area contributed by atoms with Gasteiger partial charge in [0.05, 0.1) is 6.10 Å². The van der Waals surface area contributed by atoms with Gasteiger partial charge in [-0.1, -0.05) is 0 Å². The Morgan fingerprint density at radius 1 is 1.44 bits per heavy atom. The second-order valence-electron chi connectivity index (χ2n) is 4.08. The van der Waals surface area contributed by atoms with Crippen LogP contribution in [0.2, 0.25) is 0 Å². The molecule has 1 heterocycles. The summed E-state index contributed by atoms with van der Waals surface area (Å²) in [6.07, 6.45) is 6.86. The number of hydrogen-bond donors (Lipinski definition) is 2. The van der Waals surface area contributed by atoms with Gasteiger partial charge in [0.15, 0.2) is 0 Å². The van der Waals surface area contributed by atoms with Crippen LogP contribution in [0.4, 0.5) is 4.79 Å². The first-order valence-corrected chi connectivity index (χ1v) is 5.93. The Morgan fingerprint density at radius 2 is 2.11 bits per heavy atom. The highest BCUT2D eigenvalue weighted by Crippen LogP contribution is 2.13. The first kappa shape index (κ1) is 14.3. The van der Waals surface area contributed by atoms with Crippen LogP contribution in [0.5, 0.6) is 0 Å². The van der Waals surface area contributed by atoms with Crippen molar-refractivity contribution in [2.45, 2.75) is 25.4 Å². The van der Waals surface area contributed by atoms with Crippen molar-refractivity contribution in [3.63, 3.8) is 0 Å². The number of carbonyl (C=O) groups excluding carboxylic acids is 1. The minimum atomic E-state index is -0.968. The molecule has 0 saturated carbocycles. The topological polar surface area (TPSA) is 78.9 Å². The highest BCUT2D eigenvalue weighted by Gasteiger charge is 2.23. The maximum absolute atomic E-state index is 11.7. The Labute approximate surface area is 106 Å². The zero-order valence-corrected chi connectivity index (χ0v) is 10.2. The number of hydrogen-bond acceptors (Lipinski definition) is 3. The van der Waals surface area contributed by atoms with Crippen LogP contribution in [0.3, 0.4) is 0 Å². The lowest BCUT2D eigenvalue weighted by molar-refractivity contribution is -0.145. The fourth-order valence-corrected chi connectivity index (χ4v) is 1.77. The van der Waals surface area contributed by atoms with E-state index in [0.717, 1.165) is 0 Å². The number of carboxylic acids is 1. The molecule has 0 aliphatic carbocycles. The van der Waals surface area contributed by atoms with Crippen LogP contribution in [0, 0.1) is 12.3 Å². The van der Waals surface area contributed by atoms with Crippen LogP contribution < -0.4 is 5.32 Å². The summed E-state index contributed by atoms with van der Waals surface area (Å²) in [4.78, 5) is 23.7. The number of urea groups is 1. The number of rotatable bonds is 5. The van der Waals surface area contributed by atoms with Gasteiger partial charge >= 0.3 is 12.0 Å². The Morgan fingerprint density at radius 3 is 2.67 bits per heavy atom. The lowest BCUT2D eigenvalue weighted by atomic mass is 10.1. The number of piperidine rings is 1. The number of carboxylic acid groups (broad SMARTS) is 1. The number of amides is 2. The lowest BCUT2D eigenvalue weighted by Crippen LogP contribution is -2.46. The van der Waals surface area contributed by atoms with Crippen LogP contribution in [0.25, 0.3) is 0 Å². The van der Waals surface area contributed by atoms with E-state index in [4.69, 9.17) is 16.3 Å². The molecule has 0 aromatic carbocycles. The number of nitrogens with one attached hydrogen (secondary N) is 1. The van der Waals surface area contributed by atoms with E-state index >= 15 is 0 Å². The Hall–Kier alpha value is -1.74. The smallest absolute Gasteiger partial charge is 0.329 e. The molecule has 0 aromatic heterocycles. The van der Waals surface area contributed by atoms with Gasteiger partial charge in [0, 0.05) is 26.1 Å². The summed E-state index contributed by atoms with van der Waals surface area (Å²) in [5.74, 6) is 1.48. The molecular formula is C12H18N2O4.